The maximum atomic E-state index is 9.97. The third-order valence-electron chi connectivity index (χ3n) is 0.189. The number of hydrogen-bond acceptors (Lipinski definition) is 4. The van der Waals surface area contributed by atoms with Crippen LogP contribution in [-0.2, 0) is 8.87 Å². The van der Waals surface area contributed by atoms with Crippen LogP contribution in [0.1, 0.15) is 0 Å². The van der Waals surface area contributed by atoms with Crippen LogP contribution in [0.2, 0.25) is 0 Å². The minimum absolute atomic E-state index is 0.266. The quantitative estimate of drug-likeness (QED) is 0.381. The molecule has 40 valence electrons. The second-order valence-electron chi connectivity index (χ2n) is 0.879. The molecule has 0 rings (SSSR count). The van der Waals surface area contributed by atoms with E-state index in [-0.39, 0.29) is 10.8 Å². The van der Waals surface area contributed by atoms with Gasteiger partial charge < -0.3 is 0 Å². The third-order valence-corrected chi connectivity index (χ3v) is 1.70. The molecule has 0 aromatic carbocycles. The SMILES string of the molecule is CS(=O)(=O)SC#N. The Morgan fingerprint density at radius 1 is 1.71 bits per heavy atom. The van der Waals surface area contributed by atoms with E-state index in [0.29, 0.717) is 0 Å². The molecule has 3 nitrogen and oxygen atoms in total. The van der Waals surface area contributed by atoms with Gasteiger partial charge in [-0.05, 0) is 0 Å². The van der Waals surface area contributed by atoms with Gasteiger partial charge in [-0.15, -0.1) is 0 Å². The summed E-state index contributed by atoms with van der Waals surface area (Å²) in [5.74, 6) is 0. The summed E-state index contributed by atoms with van der Waals surface area (Å²) in [6.07, 6.45) is 0.987. The Kier molecular flexibility index (Phi) is 2.12. The molecule has 0 saturated heterocycles. The van der Waals surface area contributed by atoms with Crippen molar-refractivity contribution in [3.63, 3.8) is 0 Å². The van der Waals surface area contributed by atoms with Gasteiger partial charge in [0.25, 0.3) is 0 Å². The molecule has 0 unspecified atom stereocenters. The van der Waals surface area contributed by atoms with Crippen molar-refractivity contribution in [2.45, 2.75) is 0 Å². The van der Waals surface area contributed by atoms with Crippen LogP contribution in [-0.4, -0.2) is 14.7 Å². The predicted molar refractivity (Wildman–Crippen MR) is 28.0 cm³/mol. The van der Waals surface area contributed by atoms with Crippen molar-refractivity contribution in [3.8, 4) is 5.40 Å². The van der Waals surface area contributed by atoms with Crippen molar-refractivity contribution in [2.75, 3.05) is 6.26 Å². The van der Waals surface area contributed by atoms with E-state index in [0.717, 1.165) is 6.26 Å². The summed E-state index contributed by atoms with van der Waals surface area (Å²) in [6, 6.07) is 0. The second kappa shape index (κ2) is 2.19. The molecular formula is C2H3NO2S2. The van der Waals surface area contributed by atoms with Gasteiger partial charge in [0.05, 0.1) is 10.8 Å². The number of rotatable bonds is 1. The summed E-state index contributed by atoms with van der Waals surface area (Å²) < 4.78 is 19.9. The molecule has 0 atom stereocenters. The van der Waals surface area contributed by atoms with E-state index in [9.17, 15) is 8.42 Å². The van der Waals surface area contributed by atoms with Crippen LogP contribution in [0.25, 0.3) is 0 Å². The van der Waals surface area contributed by atoms with Gasteiger partial charge in [0, 0.05) is 6.26 Å². The summed E-state index contributed by atoms with van der Waals surface area (Å²) in [4.78, 5) is 0. The zero-order valence-corrected chi connectivity index (χ0v) is 5.21. The summed E-state index contributed by atoms with van der Waals surface area (Å²) in [7, 11) is -2.85. The van der Waals surface area contributed by atoms with Crippen molar-refractivity contribution in [3.05, 3.63) is 0 Å². The molecule has 0 aromatic rings. The topological polar surface area (TPSA) is 57.9 Å². The molecule has 7 heavy (non-hydrogen) atoms. The van der Waals surface area contributed by atoms with Crippen LogP contribution >= 0.6 is 10.8 Å². The van der Waals surface area contributed by atoms with E-state index in [2.05, 4.69) is 0 Å². The smallest absolute Gasteiger partial charge is 0.212 e. The molecule has 0 N–H and O–H groups in total. The molecule has 0 aliphatic heterocycles. The average molecular weight is 137 g/mol. The maximum absolute atomic E-state index is 9.97. The highest BCUT2D eigenvalue weighted by Gasteiger charge is 1.97. The van der Waals surface area contributed by atoms with Crippen molar-refractivity contribution in [1.29, 1.82) is 5.26 Å². The van der Waals surface area contributed by atoms with E-state index < -0.39 is 8.87 Å². The van der Waals surface area contributed by atoms with E-state index >= 15 is 0 Å². The van der Waals surface area contributed by atoms with Gasteiger partial charge in [-0.3, -0.25) is 0 Å². The lowest BCUT2D eigenvalue weighted by atomic mass is 11.8. The van der Waals surface area contributed by atoms with Gasteiger partial charge in [0.15, 0.2) is 0 Å². The minimum atomic E-state index is -3.12. The third kappa shape index (κ3) is 5.79. The molecule has 5 heteroatoms. The molecule has 0 heterocycles. The van der Waals surface area contributed by atoms with Gasteiger partial charge in [0.2, 0.25) is 8.87 Å². The fourth-order valence-electron chi connectivity index (χ4n) is 0.0677. The first kappa shape index (κ1) is 6.79. The molecule has 0 amide bonds. The molecule has 0 fully saturated rings. The van der Waals surface area contributed by atoms with Crippen LogP contribution < -0.4 is 0 Å². The lowest BCUT2D eigenvalue weighted by Gasteiger charge is -1.77. The normalized spacial score (nSPS) is 10.3. The van der Waals surface area contributed by atoms with Gasteiger partial charge in [-0.2, -0.15) is 5.26 Å². The molecule has 0 saturated carbocycles. The predicted octanol–water partition coefficient (Wildman–Crippen LogP) is 0.160. The zero-order valence-electron chi connectivity index (χ0n) is 3.58. The first-order chi connectivity index (χ1) is 3.06. The Hall–Kier alpha value is -0.210. The Labute approximate surface area is 45.6 Å². The summed E-state index contributed by atoms with van der Waals surface area (Å²) in [6.45, 7) is 0. The molecule has 0 aliphatic carbocycles. The Morgan fingerprint density at radius 2 is 2.14 bits per heavy atom. The Bertz CT molecular complexity index is 174. The molecule has 0 spiro atoms. The van der Waals surface area contributed by atoms with Crippen molar-refractivity contribution in [1.82, 2.24) is 0 Å². The van der Waals surface area contributed by atoms with Crippen LogP contribution in [0.5, 0.6) is 0 Å². The molecular weight excluding hydrogens is 134 g/mol. The van der Waals surface area contributed by atoms with E-state index in [1.54, 1.807) is 0 Å². The maximum Gasteiger partial charge on any atom is 0.212 e. The lowest BCUT2D eigenvalue weighted by Crippen LogP contribution is -1.82. The Morgan fingerprint density at radius 3 is 2.14 bits per heavy atom. The number of thiocyanates is 1. The minimum Gasteiger partial charge on any atom is -0.217 e. The van der Waals surface area contributed by atoms with Gasteiger partial charge in [-0.25, -0.2) is 8.42 Å². The van der Waals surface area contributed by atoms with Gasteiger partial charge in [0.1, 0.15) is 5.40 Å². The summed E-state index contributed by atoms with van der Waals surface area (Å²) in [5, 5.41) is 9.17. The van der Waals surface area contributed by atoms with Gasteiger partial charge >= 0.3 is 0 Å². The van der Waals surface area contributed by atoms with E-state index in [1.807, 2.05) is 0 Å². The molecule has 0 radical (unpaired) electrons. The highest BCUT2D eigenvalue weighted by Crippen LogP contribution is 2.04. The standard InChI is InChI=1S/C2H3NO2S2/c1-7(4,5)6-2-3/h1H3. The fraction of sp³-hybridized carbons (Fsp3) is 0.500. The van der Waals surface area contributed by atoms with Crippen molar-refractivity contribution < 1.29 is 8.42 Å². The van der Waals surface area contributed by atoms with Crippen molar-refractivity contribution >= 4 is 19.7 Å². The average Bonchev–Trinajstić information content (AvgIpc) is 1.30. The zero-order chi connectivity index (χ0) is 5.91. The van der Waals surface area contributed by atoms with Crippen LogP contribution in [0.4, 0.5) is 0 Å². The largest absolute Gasteiger partial charge is 0.217 e. The van der Waals surface area contributed by atoms with Crippen LogP contribution in [0, 0.1) is 10.7 Å². The van der Waals surface area contributed by atoms with Crippen molar-refractivity contribution in [2.24, 2.45) is 0 Å². The van der Waals surface area contributed by atoms with Gasteiger partial charge in [-0.1, -0.05) is 0 Å². The summed E-state index contributed by atoms with van der Waals surface area (Å²) >= 11 is 0. The molecule has 0 aromatic heterocycles. The number of hydrogen-bond donors (Lipinski definition) is 0. The molecule has 0 aliphatic rings. The number of nitrogens with zero attached hydrogens (tertiary/aromatic N) is 1. The fourth-order valence-corrected chi connectivity index (χ4v) is 0.609. The number of nitriles is 1. The van der Waals surface area contributed by atoms with E-state index in [1.165, 1.54) is 5.40 Å². The lowest BCUT2D eigenvalue weighted by molar-refractivity contribution is 0.616. The van der Waals surface area contributed by atoms with E-state index in [4.69, 9.17) is 5.26 Å². The highest BCUT2D eigenvalue weighted by atomic mass is 33.1. The van der Waals surface area contributed by atoms with Crippen LogP contribution in [0.3, 0.4) is 0 Å². The first-order valence-electron chi connectivity index (χ1n) is 1.34. The monoisotopic (exact) mass is 137 g/mol. The Balaban J connectivity index is 3.92. The second-order valence-corrected chi connectivity index (χ2v) is 4.95. The summed E-state index contributed by atoms with van der Waals surface area (Å²) in [5.41, 5.74) is 0. The first-order valence-corrected chi connectivity index (χ1v) is 4.56. The molecule has 0 bridgehead atoms. The highest BCUT2D eigenvalue weighted by molar-refractivity contribution is 8.73. The van der Waals surface area contributed by atoms with Crippen LogP contribution in [0.15, 0.2) is 0 Å².